The SMILES string of the molecule is CCCNC(=O)CNC(=O)C1CCCN(C(=O)c2ccc(F)cc2)C1. The van der Waals surface area contributed by atoms with Crippen LogP contribution in [0.25, 0.3) is 0 Å². The van der Waals surface area contributed by atoms with Gasteiger partial charge in [-0.3, -0.25) is 14.4 Å². The molecule has 7 heteroatoms. The first-order valence-electron chi connectivity index (χ1n) is 8.60. The highest BCUT2D eigenvalue weighted by atomic mass is 19.1. The zero-order valence-corrected chi connectivity index (χ0v) is 14.4. The summed E-state index contributed by atoms with van der Waals surface area (Å²) in [5.41, 5.74) is 0.404. The minimum absolute atomic E-state index is 0.0543. The molecule has 0 radical (unpaired) electrons. The van der Waals surface area contributed by atoms with Crippen molar-refractivity contribution in [2.75, 3.05) is 26.2 Å². The van der Waals surface area contributed by atoms with Gasteiger partial charge in [-0.15, -0.1) is 0 Å². The van der Waals surface area contributed by atoms with Crippen LogP contribution < -0.4 is 10.6 Å². The number of amides is 3. The molecule has 6 nitrogen and oxygen atoms in total. The molecule has 0 bridgehead atoms. The van der Waals surface area contributed by atoms with Crippen molar-refractivity contribution in [3.63, 3.8) is 0 Å². The molecule has 0 saturated carbocycles. The summed E-state index contributed by atoms with van der Waals surface area (Å²) < 4.78 is 13.0. The lowest BCUT2D eigenvalue weighted by molar-refractivity contribution is -0.129. The number of hydrogen-bond donors (Lipinski definition) is 2. The van der Waals surface area contributed by atoms with Gasteiger partial charge in [0.05, 0.1) is 12.5 Å². The number of carbonyl (C=O) groups excluding carboxylic acids is 3. The number of carbonyl (C=O) groups is 3. The lowest BCUT2D eigenvalue weighted by atomic mass is 9.96. The summed E-state index contributed by atoms with van der Waals surface area (Å²) in [7, 11) is 0. The van der Waals surface area contributed by atoms with Crippen LogP contribution in [0.2, 0.25) is 0 Å². The minimum atomic E-state index is -0.395. The highest BCUT2D eigenvalue weighted by molar-refractivity contribution is 5.94. The monoisotopic (exact) mass is 349 g/mol. The Morgan fingerprint density at radius 2 is 1.92 bits per heavy atom. The van der Waals surface area contributed by atoms with Crippen molar-refractivity contribution in [3.8, 4) is 0 Å². The van der Waals surface area contributed by atoms with Crippen LogP contribution in [0.3, 0.4) is 0 Å². The number of nitrogens with one attached hydrogen (secondary N) is 2. The molecule has 1 heterocycles. The predicted octanol–water partition coefficient (Wildman–Crippen LogP) is 1.32. The van der Waals surface area contributed by atoms with E-state index >= 15 is 0 Å². The Morgan fingerprint density at radius 3 is 2.60 bits per heavy atom. The van der Waals surface area contributed by atoms with Crippen molar-refractivity contribution < 1.29 is 18.8 Å². The van der Waals surface area contributed by atoms with E-state index in [9.17, 15) is 18.8 Å². The van der Waals surface area contributed by atoms with Gasteiger partial charge in [0.15, 0.2) is 0 Å². The second-order valence-corrected chi connectivity index (χ2v) is 6.16. The fourth-order valence-electron chi connectivity index (χ4n) is 2.79. The van der Waals surface area contributed by atoms with Gasteiger partial charge < -0.3 is 15.5 Å². The first-order chi connectivity index (χ1) is 12.0. The molecule has 1 aliphatic heterocycles. The minimum Gasteiger partial charge on any atom is -0.355 e. The molecule has 0 aliphatic carbocycles. The number of hydrogen-bond acceptors (Lipinski definition) is 3. The van der Waals surface area contributed by atoms with Gasteiger partial charge in [-0.2, -0.15) is 0 Å². The Labute approximate surface area is 146 Å². The van der Waals surface area contributed by atoms with Crippen LogP contribution in [0.1, 0.15) is 36.5 Å². The van der Waals surface area contributed by atoms with Gasteiger partial charge in [-0.1, -0.05) is 6.92 Å². The highest BCUT2D eigenvalue weighted by Gasteiger charge is 2.29. The lowest BCUT2D eigenvalue weighted by Gasteiger charge is -2.32. The van der Waals surface area contributed by atoms with Gasteiger partial charge >= 0.3 is 0 Å². The molecular weight excluding hydrogens is 325 g/mol. The molecule has 0 aromatic heterocycles. The van der Waals surface area contributed by atoms with E-state index in [1.165, 1.54) is 24.3 Å². The number of rotatable bonds is 6. The van der Waals surface area contributed by atoms with Gasteiger partial charge in [0.2, 0.25) is 11.8 Å². The second kappa shape index (κ2) is 9.15. The molecule has 1 atom stereocenters. The number of likely N-dealkylation sites (tertiary alicyclic amines) is 1. The molecule has 3 amide bonds. The zero-order chi connectivity index (χ0) is 18.2. The second-order valence-electron chi connectivity index (χ2n) is 6.16. The first-order valence-corrected chi connectivity index (χ1v) is 8.60. The Bertz CT molecular complexity index is 618. The molecule has 2 N–H and O–H groups in total. The maximum absolute atomic E-state index is 13.0. The number of benzene rings is 1. The fourth-order valence-corrected chi connectivity index (χ4v) is 2.79. The molecule has 1 aliphatic rings. The van der Waals surface area contributed by atoms with Crippen molar-refractivity contribution in [2.24, 2.45) is 5.92 Å². The van der Waals surface area contributed by atoms with Crippen molar-refractivity contribution >= 4 is 17.7 Å². The molecule has 1 fully saturated rings. The summed E-state index contributed by atoms with van der Waals surface area (Å²) in [5, 5.41) is 5.32. The summed E-state index contributed by atoms with van der Waals surface area (Å²) >= 11 is 0. The summed E-state index contributed by atoms with van der Waals surface area (Å²) in [5.74, 6) is -1.38. The van der Waals surface area contributed by atoms with E-state index in [1.807, 2.05) is 6.92 Å². The zero-order valence-electron chi connectivity index (χ0n) is 14.4. The topological polar surface area (TPSA) is 78.5 Å². The van der Waals surface area contributed by atoms with Crippen LogP contribution in [0, 0.1) is 11.7 Å². The molecular formula is C18H24FN3O3. The van der Waals surface area contributed by atoms with Crippen molar-refractivity contribution in [3.05, 3.63) is 35.6 Å². The Balaban J connectivity index is 1.87. The third kappa shape index (κ3) is 5.55. The van der Waals surface area contributed by atoms with Crippen LogP contribution in [0.5, 0.6) is 0 Å². The summed E-state index contributed by atoms with van der Waals surface area (Å²) in [6.45, 7) is 3.35. The summed E-state index contributed by atoms with van der Waals surface area (Å²) in [4.78, 5) is 37.9. The molecule has 1 aromatic rings. The molecule has 1 aromatic carbocycles. The predicted molar refractivity (Wildman–Crippen MR) is 91.3 cm³/mol. The quantitative estimate of drug-likeness (QED) is 0.813. The van der Waals surface area contributed by atoms with E-state index < -0.39 is 5.82 Å². The van der Waals surface area contributed by atoms with Gasteiger partial charge in [0.1, 0.15) is 5.82 Å². The number of nitrogens with zero attached hydrogens (tertiary/aromatic N) is 1. The van der Waals surface area contributed by atoms with Gasteiger partial charge in [-0.25, -0.2) is 4.39 Å². The molecule has 136 valence electrons. The summed E-state index contributed by atoms with van der Waals surface area (Å²) in [6, 6.07) is 5.38. The van der Waals surface area contributed by atoms with E-state index in [2.05, 4.69) is 10.6 Å². The molecule has 0 spiro atoms. The van der Waals surface area contributed by atoms with Crippen LogP contribution in [0.15, 0.2) is 24.3 Å². The Kier molecular flexibility index (Phi) is 6.91. The first kappa shape index (κ1) is 18.9. The van der Waals surface area contributed by atoms with E-state index in [1.54, 1.807) is 4.90 Å². The smallest absolute Gasteiger partial charge is 0.253 e. The van der Waals surface area contributed by atoms with Crippen LogP contribution >= 0.6 is 0 Å². The lowest BCUT2D eigenvalue weighted by Crippen LogP contribution is -2.47. The van der Waals surface area contributed by atoms with Crippen LogP contribution in [-0.2, 0) is 9.59 Å². The van der Waals surface area contributed by atoms with Crippen LogP contribution in [-0.4, -0.2) is 48.8 Å². The maximum atomic E-state index is 13.0. The van der Waals surface area contributed by atoms with E-state index in [4.69, 9.17) is 0 Å². The number of halogens is 1. The molecule has 25 heavy (non-hydrogen) atoms. The van der Waals surface area contributed by atoms with Crippen molar-refractivity contribution in [1.29, 1.82) is 0 Å². The fraction of sp³-hybridized carbons (Fsp3) is 0.500. The molecule has 1 saturated heterocycles. The standard InChI is InChI=1S/C18H24FN3O3/c1-2-9-20-16(23)11-21-17(24)14-4-3-10-22(12-14)18(25)13-5-7-15(19)8-6-13/h5-8,14H,2-4,9-12H2,1H3,(H,20,23)(H,21,24). The van der Waals surface area contributed by atoms with Crippen molar-refractivity contribution in [2.45, 2.75) is 26.2 Å². The van der Waals surface area contributed by atoms with E-state index in [0.29, 0.717) is 38.0 Å². The van der Waals surface area contributed by atoms with E-state index in [0.717, 1.165) is 6.42 Å². The summed E-state index contributed by atoms with van der Waals surface area (Å²) in [6.07, 6.45) is 2.23. The maximum Gasteiger partial charge on any atom is 0.253 e. The average Bonchev–Trinajstić information content (AvgIpc) is 2.64. The highest BCUT2D eigenvalue weighted by Crippen LogP contribution is 2.19. The Morgan fingerprint density at radius 1 is 1.20 bits per heavy atom. The Hall–Kier alpha value is -2.44. The molecule has 2 rings (SSSR count). The van der Waals surface area contributed by atoms with Gasteiger partial charge in [0.25, 0.3) is 5.91 Å². The molecule has 1 unspecified atom stereocenters. The third-order valence-corrected chi connectivity index (χ3v) is 4.17. The van der Waals surface area contributed by atoms with Crippen LogP contribution in [0.4, 0.5) is 4.39 Å². The largest absolute Gasteiger partial charge is 0.355 e. The van der Waals surface area contributed by atoms with Gasteiger partial charge in [-0.05, 0) is 43.5 Å². The van der Waals surface area contributed by atoms with Gasteiger partial charge in [0, 0.05) is 25.2 Å². The number of piperidine rings is 1. The van der Waals surface area contributed by atoms with Crippen molar-refractivity contribution in [1.82, 2.24) is 15.5 Å². The third-order valence-electron chi connectivity index (χ3n) is 4.17. The van der Waals surface area contributed by atoms with E-state index in [-0.39, 0.29) is 30.2 Å². The average molecular weight is 349 g/mol. The normalized spacial score (nSPS) is 17.0.